The van der Waals surface area contributed by atoms with Gasteiger partial charge in [0.05, 0.1) is 11.6 Å². The fraction of sp³-hybridized carbons (Fsp3) is 0.350. The molecule has 0 radical (unpaired) electrons. The van der Waals surface area contributed by atoms with Crippen molar-refractivity contribution in [3.05, 3.63) is 60.5 Å². The van der Waals surface area contributed by atoms with Crippen LogP contribution in [0.4, 0.5) is 4.39 Å². The van der Waals surface area contributed by atoms with E-state index in [0.717, 1.165) is 10.9 Å². The van der Waals surface area contributed by atoms with Crippen LogP contribution in [0.25, 0.3) is 10.9 Å². The molecule has 1 aromatic carbocycles. The molecule has 1 aliphatic heterocycles. The molecule has 1 N–H and O–H groups in total. The van der Waals surface area contributed by atoms with Crippen molar-refractivity contribution in [1.29, 1.82) is 0 Å². The Hall–Kier alpha value is -2.40. The van der Waals surface area contributed by atoms with E-state index in [1.54, 1.807) is 0 Å². The summed E-state index contributed by atoms with van der Waals surface area (Å²) >= 11 is 0. The van der Waals surface area contributed by atoms with Crippen LogP contribution < -0.4 is 10.1 Å². The second-order valence-electron chi connectivity index (χ2n) is 6.08. The summed E-state index contributed by atoms with van der Waals surface area (Å²) in [7, 11) is 0. The Balaban J connectivity index is 1.95. The average Bonchev–Trinajstić information content (AvgIpc) is 2.62. The summed E-state index contributed by atoms with van der Waals surface area (Å²) in [6, 6.07) is 9.47. The quantitative estimate of drug-likeness (QED) is 0.816. The summed E-state index contributed by atoms with van der Waals surface area (Å²) in [4.78, 5) is 4.40. The third-order valence-electron chi connectivity index (χ3n) is 4.12. The summed E-state index contributed by atoms with van der Waals surface area (Å²) in [5.41, 5.74) is 0.260. The maximum Gasteiger partial charge on any atom is 0.202 e. The fourth-order valence-corrected chi connectivity index (χ4v) is 3.02. The third kappa shape index (κ3) is 3.99. The lowest BCUT2D eigenvalue weighted by Crippen LogP contribution is -2.49. The highest BCUT2D eigenvalue weighted by Gasteiger charge is 2.33. The third-order valence-corrected chi connectivity index (χ3v) is 4.12. The van der Waals surface area contributed by atoms with Gasteiger partial charge >= 0.3 is 0 Å². The number of halogens is 1. The van der Waals surface area contributed by atoms with E-state index in [2.05, 4.69) is 10.3 Å². The number of dihydropyridines is 1. The molecule has 2 heterocycles. The maximum absolute atomic E-state index is 13.6. The summed E-state index contributed by atoms with van der Waals surface area (Å²) in [6.07, 6.45) is 8.12. The normalized spacial score (nSPS) is 20.4. The lowest BCUT2D eigenvalue weighted by atomic mass is 10.0. The number of fused-ring (bicyclic) bond motifs is 1. The second kappa shape index (κ2) is 7.66. The van der Waals surface area contributed by atoms with Crippen molar-refractivity contribution in [3.63, 3.8) is 0 Å². The molecule has 2 atom stereocenters. The van der Waals surface area contributed by atoms with Gasteiger partial charge in [-0.1, -0.05) is 24.3 Å². The van der Waals surface area contributed by atoms with Crippen LogP contribution in [0.1, 0.15) is 26.0 Å². The highest BCUT2D eigenvalue weighted by molar-refractivity contribution is 5.80. The topological polar surface area (TPSA) is 43.4 Å². The van der Waals surface area contributed by atoms with Gasteiger partial charge in [0.1, 0.15) is 18.1 Å². The molecule has 25 heavy (non-hydrogen) atoms. The summed E-state index contributed by atoms with van der Waals surface area (Å²) < 4.78 is 25.5. The van der Waals surface area contributed by atoms with E-state index >= 15 is 0 Å². The molecule has 1 aliphatic rings. The number of aromatic nitrogens is 1. The molecule has 2 aromatic rings. The molecule has 0 saturated heterocycles. The van der Waals surface area contributed by atoms with Crippen molar-refractivity contribution in [2.75, 3.05) is 6.61 Å². The van der Waals surface area contributed by atoms with Crippen molar-refractivity contribution in [2.45, 2.75) is 38.8 Å². The van der Waals surface area contributed by atoms with E-state index in [-0.39, 0.29) is 6.10 Å². The van der Waals surface area contributed by atoms with E-state index in [1.807, 2.05) is 68.6 Å². The number of para-hydroxylation sites is 1. The number of allylic oxidation sites excluding steroid dienone is 2. The molecule has 0 fully saturated rings. The molecular formula is C20H23FN2O2. The summed E-state index contributed by atoms with van der Waals surface area (Å²) in [6.45, 7) is 3.90. The van der Waals surface area contributed by atoms with Gasteiger partial charge in [-0.3, -0.25) is 0 Å². The predicted molar refractivity (Wildman–Crippen MR) is 97.0 cm³/mol. The van der Waals surface area contributed by atoms with Gasteiger partial charge in [-0.2, -0.15) is 0 Å². The predicted octanol–water partition coefficient (Wildman–Crippen LogP) is 4.27. The van der Waals surface area contributed by atoms with E-state index < -0.39 is 12.4 Å². The van der Waals surface area contributed by atoms with Crippen LogP contribution in [0.5, 0.6) is 5.75 Å². The number of pyridine rings is 1. The first-order valence-electron chi connectivity index (χ1n) is 8.53. The van der Waals surface area contributed by atoms with E-state index in [4.69, 9.17) is 9.47 Å². The van der Waals surface area contributed by atoms with E-state index in [1.165, 1.54) is 0 Å². The van der Waals surface area contributed by atoms with Crippen LogP contribution >= 0.6 is 0 Å². The molecule has 132 valence electrons. The summed E-state index contributed by atoms with van der Waals surface area (Å²) in [5.74, 6) is 0.442. The van der Waals surface area contributed by atoms with Gasteiger partial charge in [-0.05, 0) is 38.1 Å². The molecule has 0 saturated carbocycles. The van der Waals surface area contributed by atoms with Gasteiger partial charge in [0.2, 0.25) is 5.72 Å². The van der Waals surface area contributed by atoms with Crippen LogP contribution in [0.2, 0.25) is 0 Å². The minimum Gasteiger partial charge on any atom is -0.462 e. The molecule has 0 spiro atoms. The van der Waals surface area contributed by atoms with Crippen molar-refractivity contribution in [3.8, 4) is 5.75 Å². The Labute approximate surface area is 147 Å². The van der Waals surface area contributed by atoms with Crippen LogP contribution in [0.3, 0.4) is 0 Å². The van der Waals surface area contributed by atoms with E-state index in [9.17, 15) is 4.39 Å². The van der Waals surface area contributed by atoms with Gasteiger partial charge in [-0.25, -0.2) is 9.37 Å². The number of alkyl halides is 1. The Morgan fingerprint density at radius 1 is 1.28 bits per heavy atom. The Bertz CT molecular complexity index is 790. The smallest absolute Gasteiger partial charge is 0.202 e. The molecule has 4 nitrogen and oxygen atoms in total. The molecular weight excluding hydrogens is 319 g/mol. The minimum absolute atomic E-state index is 0.0177. The zero-order valence-corrected chi connectivity index (χ0v) is 14.5. The van der Waals surface area contributed by atoms with Crippen molar-refractivity contribution >= 4 is 10.9 Å². The molecule has 5 heteroatoms. The van der Waals surface area contributed by atoms with Crippen LogP contribution in [-0.2, 0) is 11.4 Å². The number of benzene rings is 1. The second-order valence-corrected chi connectivity index (χ2v) is 6.08. The highest BCUT2D eigenvalue weighted by Crippen LogP contribution is 2.30. The summed E-state index contributed by atoms with van der Waals surface area (Å²) in [5, 5.41) is 4.16. The average molecular weight is 342 g/mol. The SMILES string of the molecule is CCOC(C)CC1(Oc2cc3ccccc3nc2CF)C=CC=CN1. The first-order chi connectivity index (χ1) is 12.2. The van der Waals surface area contributed by atoms with Crippen molar-refractivity contribution < 1.29 is 13.9 Å². The lowest BCUT2D eigenvalue weighted by Gasteiger charge is -2.35. The Morgan fingerprint density at radius 3 is 2.84 bits per heavy atom. The van der Waals surface area contributed by atoms with Crippen molar-refractivity contribution in [1.82, 2.24) is 10.3 Å². The molecule has 0 aliphatic carbocycles. The van der Waals surface area contributed by atoms with Crippen LogP contribution in [-0.4, -0.2) is 23.4 Å². The number of hydrogen-bond donors (Lipinski definition) is 1. The van der Waals surface area contributed by atoms with E-state index in [0.29, 0.717) is 24.5 Å². The lowest BCUT2D eigenvalue weighted by molar-refractivity contribution is -0.000718. The maximum atomic E-state index is 13.6. The zero-order valence-electron chi connectivity index (χ0n) is 14.5. The molecule has 0 bridgehead atoms. The van der Waals surface area contributed by atoms with Crippen LogP contribution in [0, 0.1) is 0 Å². The highest BCUT2D eigenvalue weighted by atomic mass is 19.1. The standard InChI is InChI=1S/C20H23FN2O2/c1-3-24-15(2)13-20(10-6-7-11-22-20)25-19-12-16-8-4-5-9-17(16)23-18(19)14-21/h4-12,15,22H,3,13-14H2,1-2H3. The number of ether oxygens (including phenoxy) is 2. The first kappa shape index (κ1) is 17.4. The number of hydrogen-bond acceptors (Lipinski definition) is 4. The zero-order chi connectivity index (χ0) is 17.7. The molecule has 0 amide bonds. The van der Waals surface area contributed by atoms with Gasteiger partial charge in [0, 0.05) is 24.6 Å². The largest absolute Gasteiger partial charge is 0.462 e. The van der Waals surface area contributed by atoms with Gasteiger partial charge in [-0.15, -0.1) is 0 Å². The van der Waals surface area contributed by atoms with Gasteiger partial charge in [0.15, 0.2) is 0 Å². The molecule has 2 unspecified atom stereocenters. The number of rotatable bonds is 7. The van der Waals surface area contributed by atoms with Crippen LogP contribution in [0.15, 0.2) is 54.8 Å². The molecule has 1 aromatic heterocycles. The number of nitrogens with one attached hydrogen (secondary N) is 1. The Morgan fingerprint density at radius 2 is 2.12 bits per heavy atom. The fourth-order valence-electron chi connectivity index (χ4n) is 3.02. The van der Waals surface area contributed by atoms with Gasteiger partial charge in [0.25, 0.3) is 0 Å². The monoisotopic (exact) mass is 342 g/mol. The first-order valence-corrected chi connectivity index (χ1v) is 8.53. The number of nitrogens with zero attached hydrogens (tertiary/aromatic N) is 1. The molecule has 3 rings (SSSR count). The Kier molecular flexibility index (Phi) is 5.34. The van der Waals surface area contributed by atoms with Gasteiger partial charge < -0.3 is 14.8 Å². The van der Waals surface area contributed by atoms with Crippen molar-refractivity contribution in [2.24, 2.45) is 0 Å². The minimum atomic E-state index is -0.794.